The Morgan fingerprint density at radius 3 is 1.06 bits per heavy atom. The second-order valence-corrected chi connectivity index (χ2v) is 22.7. The number of carbonyl (C=O) groups is 6. The maximum atomic E-state index is 13.1. The minimum Gasteiger partial charge on any atom is -0.497 e. The monoisotopic (exact) mass is 1480 g/mol. The number of primary amides is 1. The largest absolute Gasteiger partial charge is 0.497 e. The number of nitrogens with zero attached hydrogens (tertiary/aromatic N) is 6. The van der Waals surface area contributed by atoms with E-state index in [1.807, 2.05) is 105 Å². The number of ether oxygens (including phenoxy) is 6. The van der Waals surface area contributed by atoms with Crippen molar-refractivity contribution in [2.24, 2.45) is 5.73 Å². The number of nitrogens with one attached hydrogen (secondary N) is 7. The molecule has 0 radical (unpaired) electrons. The summed E-state index contributed by atoms with van der Waals surface area (Å²) in [6.45, 7) is 14.6. The van der Waals surface area contributed by atoms with Crippen LogP contribution in [0.2, 0.25) is 0 Å². The van der Waals surface area contributed by atoms with Crippen LogP contribution < -0.4 is 77.1 Å². The van der Waals surface area contributed by atoms with Crippen LogP contribution in [-0.2, 0) is 27.5 Å². The number of anilines is 9. The highest BCUT2D eigenvalue weighted by Crippen LogP contribution is 2.32. The van der Waals surface area contributed by atoms with Crippen molar-refractivity contribution in [2.45, 2.75) is 34.4 Å². The number of hydrogen-bond acceptors (Lipinski definition) is 22. The Labute approximate surface area is 630 Å². The fourth-order valence-electron chi connectivity index (χ4n) is 9.02. The molecule has 0 saturated carbocycles. The van der Waals surface area contributed by atoms with Crippen LogP contribution in [0.25, 0.3) is 0 Å². The average molecular weight is 1480 g/mol. The van der Waals surface area contributed by atoms with Gasteiger partial charge in [-0.25, -0.2) is 15.0 Å². The van der Waals surface area contributed by atoms with Crippen LogP contribution >= 0.6 is 11.6 Å². The fourth-order valence-corrected chi connectivity index (χ4v) is 9.02. The van der Waals surface area contributed by atoms with Gasteiger partial charge in [-0.3, -0.25) is 28.8 Å². The van der Waals surface area contributed by atoms with E-state index in [4.69, 9.17) is 51.5 Å². The zero-order valence-electron chi connectivity index (χ0n) is 58.6. The number of amides is 5. The number of benzene rings is 8. The van der Waals surface area contributed by atoms with Gasteiger partial charge in [0.25, 0.3) is 17.7 Å². The van der Waals surface area contributed by atoms with Crippen LogP contribution in [0.15, 0.2) is 251 Å². The zero-order valence-corrected chi connectivity index (χ0v) is 59.3. The smallest absolute Gasteiger partial charge is 0.258 e. The summed E-state index contributed by atoms with van der Waals surface area (Å²) in [5.74, 6) is 1.75. The summed E-state index contributed by atoms with van der Waals surface area (Å²) in [5.41, 5.74) is 19.5. The number of nitrogens with two attached hydrogens (primary N) is 2. The Morgan fingerprint density at radius 1 is 0.435 bits per heavy atom. The molecule has 0 aliphatic rings. The van der Waals surface area contributed by atoms with Crippen molar-refractivity contribution in [1.29, 1.82) is 0 Å². The lowest BCUT2D eigenvalue weighted by atomic mass is 10.1. The van der Waals surface area contributed by atoms with E-state index in [-0.39, 0.29) is 78.8 Å². The van der Waals surface area contributed by atoms with Gasteiger partial charge in [0.05, 0.1) is 21.3 Å². The van der Waals surface area contributed by atoms with Crippen LogP contribution in [0, 0.1) is 13.8 Å². The van der Waals surface area contributed by atoms with Crippen LogP contribution in [0.4, 0.5) is 52.0 Å². The molecule has 5 amide bonds. The Balaban J connectivity index is 0.000000247. The number of allylic oxidation sites excluding steroid dienone is 1. The molecule has 0 fully saturated rings. The number of aromatic nitrogens is 6. The van der Waals surface area contributed by atoms with E-state index in [0.29, 0.717) is 76.0 Å². The normalized spacial score (nSPS) is 9.98. The van der Waals surface area contributed by atoms with E-state index >= 15 is 0 Å². The number of halogens is 1. The first kappa shape index (κ1) is 80.8. The van der Waals surface area contributed by atoms with Crippen molar-refractivity contribution < 1.29 is 58.6 Å². The van der Waals surface area contributed by atoms with Crippen molar-refractivity contribution in [3.63, 3.8) is 0 Å². The molecule has 3 aromatic heterocycles. The number of hydrogen-bond donors (Lipinski definition) is 9. The standard InChI is InChI=1S/C29H27N5O4.C26H25N5O3.C21H19N5O4.C3H3ClO.CH4.H2/c1-4-26(35)32-21-7-6-10-24(16-21)38-28-25(27(36)30-17-20-13-11-19(2)12-14-20)18-31-29(34-28)33-22-8-5-9-23(15-22)37-3;1-17-9-11-18(12-10-17)15-28-24(32)23-16-29-26(30-20-6-4-7-21(14-20)33-2)31-25(23)34-22-8-3-5-19(27)13-22;1-3-18(27)24-13-6-5-9-16(11-13)30-20-17(19(22)28)12-23-21(26-20)25-14-7-4-8-15(10-14)29-2;1-2-3(4)5;;/h4-16,18H,1,17H2,2-3H3,(H,30,36)(H,32,35)(H,31,33,34);3-14,16H,15,27H2,1-2H3,(H,28,32)(H,29,30,31);3-12H,1H2,2H3,(H2,22,28)(H,24,27)(H,23,25,26);2H,1H2;1H4;1H. The van der Waals surface area contributed by atoms with Crippen molar-refractivity contribution in [3.8, 4) is 52.1 Å². The molecule has 28 heteroatoms. The highest BCUT2D eigenvalue weighted by molar-refractivity contribution is 6.66. The first-order valence-electron chi connectivity index (χ1n) is 32.3. The van der Waals surface area contributed by atoms with E-state index in [1.54, 1.807) is 124 Å². The van der Waals surface area contributed by atoms with E-state index in [0.717, 1.165) is 40.1 Å². The Hall–Kier alpha value is -14.5. The molecule has 27 nitrogen and oxygen atoms in total. The van der Waals surface area contributed by atoms with E-state index < -0.39 is 17.1 Å². The molecule has 0 aliphatic heterocycles. The highest BCUT2D eigenvalue weighted by atomic mass is 35.5. The van der Waals surface area contributed by atoms with Crippen LogP contribution in [0.5, 0.6) is 52.1 Å². The molecule has 0 bridgehead atoms. The van der Waals surface area contributed by atoms with Crippen LogP contribution in [0.1, 0.15) is 62.2 Å². The lowest BCUT2D eigenvalue weighted by molar-refractivity contribution is -0.112. The topological polar surface area (TPSA) is 371 Å². The minimum absolute atomic E-state index is 0. The fraction of sp³-hybridized carbons (Fsp3) is 0.100. The predicted molar refractivity (Wildman–Crippen MR) is 420 cm³/mol. The van der Waals surface area contributed by atoms with Crippen molar-refractivity contribution in [2.75, 3.05) is 53.6 Å². The predicted octanol–water partition coefficient (Wildman–Crippen LogP) is 15.3. The number of carbonyl (C=O) groups excluding carboxylic acids is 6. The third-order valence-corrected chi connectivity index (χ3v) is 14.5. The Bertz CT molecular complexity index is 4980. The third-order valence-electron chi connectivity index (χ3n) is 14.4. The van der Waals surface area contributed by atoms with Crippen LogP contribution in [0.3, 0.4) is 0 Å². The lowest BCUT2D eigenvalue weighted by Crippen LogP contribution is -2.24. The molecule has 11 rings (SSSR count). The van der Waals surface area contributed by atoms with Gasteiger partial charge in [-0.2, -0.15) is 15.0 Å². The van der Waals surface area contributed by atoms with Gasteiger partial charge in [-0.1, -0.05) is 123 Å². The molecule has 0 aliphatic carbocycles. The van der Waals surface area contributed by atoms with Gasteiger partial charge in [0.2, 0.25) is 52.5 Å². The van der Waals surface area contributed by atoms with Crippen molar-refractivity contribution in [3.05, 3.63) is 290 Å². The molecule has 0 atom stereocenters. The molecule has 554 valence electrons. The number of aryl methyl sites for hydroxylation is 2. The maximum absolute atomic E-state index is 13.1. The molecular formula is C80H80ClN15O12. The van der Waals surface area contributed by atoms with E-state index in [9.17, 15) is 28.8 Å². The molecule has 0 saturated heterocycles. The summed E-state index contributed by atoms with van der Waals surface area (Å²) < 4.78 is 33.4. The molecule has 11 aromatic rings. The van der Waals surface area contributed by atoms with Gasteiger partial charge >= 0.3 is 0 Å². The molecule has 0 spiro atoms. The Kier molecular flexibility index (Phi) is 30.7. The summed E-state index contributed by atoms with van der Waals surface area (Å²) >= 11 is 4.71. The second-order valence-electron chi connectivity index (χ2n) is 22.3. The first-order valence-corrected chi connectivity index (χ1v) is 32.7. The highest BCUT2D eigenvalue weighted by Gasteiger charge is 2.21. The van der Waals surface area contributed by atoms with Gasteiger partial charge in [0.1, 0.15) is 51.2 Å². The second kappa shape index (κ2) is 41.0. The number of methoxy groups -OCH3 is 3. The van der Waals surface area contributed by atoms with Gasteiger partial charge in [-0.15, -0.1) is 0 Å². The van der Waals surface area contributed by atoms with Crippen molar-refractivity contribution >= 4 is 98.3 Å². The molecule has 11 N–H and O–H groups in total. The third kappa shape index (κ3) is 25.8. The van der Waals surface area contributed by atoms with E-state index in [1.165, 1.54) is 24.7 Å². The Morgan fingerprint density at radius 2 is 0.741 bits per heavy atom. The molecule has 3 heterocycles. The van der Waals surface area contributed by atoms with Crippen molar-refractivity contribution in [1.82, 2.24) is 40.5 Å². The number of nitrogen functional groups attached to an aromatic ring is 1. The number of rotatable bonds is 27. The summed E-state index contributed by atoms with van der Waals surface area (Å²) in [7, 11) is 4.74. The van der Waals surface area contributed by atoms with Gasteiger partial charge in [0.15, 0.2) is 0 Å². The molecule has 108 heavy (non-hydrogen) atoms. The van der Waals surface area contributed by atoms with Gasteiger partial charge < -0.3 is 77.1 Å². The first-order chi connectivity index (χ1) is 51.7. The molecular weight excluding hydrogens is 1400 g/mol. The summed E-state index contributed by atoms with van der Waals surface area (Å²) in [6.07, 6.45) is 7.48. The van der Waals surface area contributed by atoms with Gasteiger partial charge in [-0.05, 0) is 128 Å². The van der Waals surface area contributed by atoms with Gasteiger partial charge in [0, 0.05) is 104 Å². The molecule has 8 aromatic carbocycles. The van der Waals surface area contributed by atoms with E-state index in [2.05, 4.69) is 86.9 Å². The average Bonchev–Trinajstić information content (AvgIpc) is 0.827. The SMILES string of the molecule is C.C=CC(=O)Cl.C=CC(=O)Nc1cccc(Oc2nc(Nc3cccc(OC)c3)ncc2C(=O)NCc2ccc(C)cc2)c1.C=CC(=O)Nc1cccc(Oc2nc(Nc3cccc(OC)c3)ncc2C(N)=O)c1.COc1cccc(Nc2ncc(C(=O)NCc3ccc(C)cc3)c(Oc3cccc(N)c3)n2)c1.[HH]. The zero-order chi connectivity index (χ0) is 76.6. The summed E-state index contributed by atoms with van der Waals surface area (Å²) in [5, 5.41) is 19.8. The quantitative estimate of drug-likeness (QED) is 0.0131. The van der Waals surface area contributed by atoms with Crippen LogP contribution in [-0.4, -0.2) is 86.0 Å². The minimum atomic E-state index is -0.742. The lowest BCUT2D eigenvalue weighted by Gasteiger charge is -2.13. The summed E-state index contributed by atoms with van der Waals surface area (Å²) in [4.78, 5) is 96.4. The summed E-state index contributed by atoms with van der Waals surface area (Å²) in [6, 6.07) is 57.8. The maximum Gasteiger partial charge on any atom is 0.258 e. The molecule has 0 unspecified atom stereocenters.